The molecule has 0 atom stereocenters. The average molecular weight is 278 g/mol. The van der Waals surface area contributed by atoms with Crippen LogP contribution in [0.1, 0.15) is 17.7 Å². The molecule has 2 aromatic heterocycles. The Morgan fingerprint density at radius 1 is 1.42 bits per heavy atom. The van der Waals surface area contributed by atoms with Gasteiger partial charge in [0.15, 0.2) is 5.13 Å². The van der Waals surface area contributed by atoms with Crippen LogP contribution in [0.4, 0.5) is 5.13 Å². The van der Waals surface area contributed by atoms with E-state index in [-0.39, 0.29) is 5.91 Å². The molecule has 0 aromatic carbocycles. The molecule has 0 unspecified atom stereocenters. The van der Waals surface area contributed by atoms with Gasteiger partial charge in [-0.15, -0.1) is 11.3 Å². The Bertz CT molecular complexity index is 553. The third kappa shape index (κ3) is 3.99. The summed E-state index contributed by atoms with van der Waals surface area (Å²) in [5.41, 5.74) is 1.80. The van der Waals surface area contributed by atoms with Gasteiger partial charge in [0, 0.05) is 24.2 Å². The predicted molar refractivity (Wildman–Crippen MR) is 72.4 cm³/mol. The number of ether oxygens (including phenoxy) is 1. The van der Waals surface area contributed by atoms with Crippen LogP contribution in [0.5, 0.6) is 6.01 Å². The van der Waals surface area contributed by atoms with Crippen molar-refractivity contribution in [3.8, 4) is 6.01 Å². The van der Waals surface area contributed by atoms with Crippen LogP contribution in [0.2, 0.25) is 0 Å². The number of nitrogens with one attached hydrogen (secondary N) is 1. The summed E-state index contributed by atoms with van der Waals surface area (Å²) in [6.07, 6.45) is 4.27. The first-order valence-corrected chi connectivity index (χ1v) is 6.62. The number of hydrogen-bond acceptors (Lipinski definition) is 6. The van der Waals surface area contributed by atoms with Crippen LogP contribution in [0.25, 0.3) is 0 Å². The molecule has 0 fully saturated rings. The lowest BCUT2D eigenvalue weighted by atomic mass is 10.2. The summed E-state index contributed by atoms with van der Waals surface area (Å²) in [4.78, 5) is 23.9. The average Bonchev–Trinajstić information content (AvgIpc) is 2.82. The van der Waals surface area contributed by atoms with Gasteiger partial charge in [-0.05, 0) is 18.9 Å². The van der Waals surface area contributed by atoms with Gasteiger partial charge >= 0.3 is 6.01 Å². The third-order valence-corrected chi connectivity index (χ3v) is 3.25. The van der Waals surface area contributed by atoms with Gasteiger partial charge in [-0.2, -0.15) is 0 Å². The van der Waals surface area contributed by atoms with Gasteiger partial charge in [-0.1, -0.05) is 0 Å². The monoisotopic (exact) mass is 278 g/mol. The number of aromatic nitrogens is 3. The van der Waals surface area contributed by atoms with Gasteiger partial charge in [0.1, 0.15) is 0 Å². The molecule has 0 saturated heterocycles. The van der Waals surface area contributed by atoms with E-state index in [0.29, 0.717) is 24.0 Å². The van der Waals surface area contributed by atoms with E-state index < -0.39 is 0 Å². The van der Waals surface area contributed by atoms with E-state index in [1.165, 1.54) is 18.4 Å². The Labute approximate surface area is 114 Å². The van der Waals surface area contributed by atoms with Gasteiger partial charge in [-0.3, -0.25) is 4.79 Å². The van der Waals surface area contributed by atoms with Crippen molar-refractivity contribution in [2.75, 3.05) is 12.4 Å². The second-order valence-electron chi connectivity index (χ2n) is 3.92. The van der Waals surface area contributed by atoms with E-state index in [1.807, 2.05) is 12.3 Å². The fourth-order valence-corrected chi connectivity index (χ4v) is 2.13. The van der Waals surface area contributed by atoms with Gasteiger partial charge in [0.05, 0.1) is 12.8 Å². The highest BCUT2D eigenvalue weighted by Gasteiger charge is 2.06. The number of methoxy groups -OCH3 is 1. The highest BCUT2D eigenvalue weighted by atomic mass is 32.1. The minimum atomic E-state index is -0.0647. The molecule has 2 heterocycles. The maximum absolute atomic E-state index is 11.7. The summed E-state index contributed by atoms with van der Waals surface area (Å²) >= 11 is 1.42. The van der Waals surface area contributed by atoms with Crippen LogP contribution in [0.3, 0.4) is 0 Å². The zero-order chi connectivity index (χ0) is 13.7. The van der Waals surface area contributed by atoms with Gasteiger partial charge in [-0.25, -0.2) is 15.0 Å². The number of thiazole rings is 1. The quantitative estimate of drug-likeness (QED) is 0.902. The first-order valence-electron chi connectivity index (χ1n) is 5.74. The first kappa shape index (κ1) is 13.4. The molecule has 1 N–H and O–H groups in total. The third-order valence-electron chi connectivity index (χ3n) is 2.37. The maximum Gasteiger partial charge on any atom is 0.316 e. The second-order valence-corrected chi connectivity index (χ2v) is 4.78. The Morgan fingerprint density at radius 2 is 2.16 bits per heavy atom. The number of amides is 1. The molecule has 0 spiro atoms. The van der Waals surface area contributed by atoms with Crippen LogP contribution in [0, 0.1) is 6.92 Å². The SMILES string of the molecule is COc1ncc(CCC(=O)Nc2nc(C)cs2)cn1. The summed E-state index contributed by atoms with van der Waals surface area (Å²) in [5.74, 6) is -0.0647. The molecule has 0 saturated carbocycles. The number of nitrogens with zero attached hydrogens (tertiary/aromatic N) is 3. The molecule has 1 amide bonds. The Balaban J connectivity index is 1.82. The zero-order valence-corrected chi connectivity index (χ0v) is 11.5. The highest BCUT2D eigenvalue weighted by molar-refractivity contribution is 7.13. The van der Waals surface area contributed by atoms with E-state index in [4.69, 9.17) is 4.74 Å². The lowest BCUT2D eigenvalue weighted by molar-refractivity contribution is -0.116. The maximum atomic E-state index is 11.7. The van der Waals surface area contributed by atoms with E-state index in [1.54, 1.807) is 12.4 Å². The topological polar surface area (TPSA) is 77.0 Å². The molecular formula is C12H14N4O2S. The van der Waals surface area contributed by atoms with Crippen LogP contribution in [0.15, 0.2) is 17.8 Å². The van der Waals surface area contributed by atoms with Crippen molar-refractivity contribution >= 4 is 22.4 Å². The van der Waals surface area contributed by atoms with Crippen LogP contribution >= 0.6 is 11.3 Å². The largest absolute Gasteiger partial charge is 0.467 e. The molecule has 2 aromatic rings. The van der Waals surface area contributed by atoms with Crippen molar-refractivity contribution in [2.24, 2.45) is 0 Å². The number of anilines is 1. The van der Waals surface area contributed by atoms with Crippen LogP contribution in [-0.2, 0) is 11.2 Å². The second kappa shape index (κ2) is 6.24. The van der Waals surface area contributed by atoms with Crippen molar-refractivity contribution in [1.29, 1.82) is 0 Å². The fraction of sp³-hybridized carbons (Fsp3) is 0.333. The van der Waals surface area contributed by atoms with Crippen molar-refractivity contribution < 1.29 is 9.53 Å². The highest BCUT2D eigenvalue weighted by Crippen LogP contribution is 2.14. The molecule has 0 bridgehead atoms. The molecule has 7 heteroatoms. The molecule has 0 radical (unpaired) electrons. The van der Waals surface area contributed by atoms with Gasteiger partial charge in [0.2, 0.25) is 5.91 Å². The van der Waals surface area contributed by atoms with Crippen molar-refractivity contribution in [3.63, 3.8) is 0 Å². The zero-order valence-electron chi connectivity index (χ0n) is 10.7. The number of aryl methyl sites for hydroxylation is 2. The molecule has 2 rings (SSSR count). The minimum absolute atomic E-state index is 0.0647. The van der Waals surface area contributed by atoms with Crippen LogP contribution in [-0.4, -0.2) is 28.0 Å². The number of rotatable bonds is 5. The van der Waals surface area contributed by atoms with E-state index in [0.717, 1.165) is 11.3 Å². The first-order chi connectivity index (χ1) is 9.17. The summed E-state index contributed by atoms with van der Waals surface area (Å²) in [5, 5.41) is 5.29. The van der Waals surface area contributed by atoms with E-state index in [9.17, 15) is 4.79 Å². The van der Waals surface area contributed by atoms with E-state index >= 15 is 0 Å². The summed E-state index contributed by atoms with van der Waals surface area (Å²) in [6.45, 7) is 1.89. The molecule has 100 valence electrons. The minimum Gasteiger partial charge on any atom is -0.467 e. The van der Waals surface area contributed by atoms with Crippen molar-refractivity contribution in [2.45, 2.75) is 19.8 Å². The molecule has 0 aliphatic heterocycles. The van der Waals surface area contributed by atoms with E-state index in [2.05, 4.69) is 20.3 Å². The van der Waals surface area contributed by atoms with Crippen LogP contribution < -0.4 is 10.1 Å². The smallest absolute Gasteiger partial charge is 0.316 e. The molecule has 6 nitrogen and oxygen atoms in total. The molecule has 0 aliphatic rings. The lowest BCUT2D eigenvalue weighted by Gasteiger charge is -2.02. The lowest BCUT2D eigenvalue weighted by Crippen LogP contribution is -2.12. The normalized spacial score (nSPS) is 10.2. The Morgan fingerprint density at radius 3 is 2.74 bits per heavy atom. The Kier molecular flexibility index (Phi) is 4.40. The summed E-state index contributed by atoms with van der Waals surface area (Å²) in [6, 6.07) is 0.325. The Hall–Kier alpha value is -2.02. The number of hydrogen-bond donors (Lipinski definition) is 1. The van der Waals surface area contributed by atoms with Gasteiger partial charge < -0.3 is 10.1 Å². The number of carbonyl (C=O) groups is 1. The molecule has 19 heavy (non-hydrogen) atoms. The molecule has 0 aliphatic carbocycles. The standard InChI is InChI=1S/C12H14N4O2S/c1-8-7-19-12(15-8)16-10(17)4-3-9-5-13-11(18-2)14-6-9/h5-7H,3-4H2,1-2H3,(H,15,16,17). The number of carbonyl (C=O) groups excluding carboxylic acids is 1. The summed E-state index contributed by atoms with van der Waals surface area (Å²) in [7, 11) is 1.51. The van der Waals surface area contributed by atoms with Crippen molar-refractivity contribution in [1.82, 2.24) is 15.0 Å². The van der Waals surface area contributed by atoms with Crippen molar-refractivity contribution in [3.05, 3.63) is 29.0 Å². The molecular weight excluding hydrogens is 264 g/mol. The predicted octanol–water partition coefficient (Wildman–Crippen LogP) is 1.82. The fourth-order valence-electron chi connectivity index (χ4n) is 1.43. The summed E-state index contributed by atoms with van der Waals surface area (Å²) < 4.78 is 4.87. The van der Waals surface area contributed by atoms with Gasteiger partial charge in [0.25, 0.3) is 0 Å².